The Hall–Kier alpha value is -1.69. The Morgan fingerprint density at radius 1 is 0.962 bits per heavy atom. The molecule has 3 aliphatic rings. The highest BCUT2D eigenvalue weighted by Crippen LogP contribution is 2.20. The van der Waals surface area contributed by atoms with E-state index in [-0.39, 0.29) is 5.56 Å². The van der Waals surface area contributed by atoms with Gasteiger partial charge in [-0.1, -0.05) is 6.42 Å². The molecule has 1 aromatic heterocycles. The number of carbonyl (C=O) groups is 1. The van der Waals surface area contributed by atoms with Gasteiger partial charge in [0.15, 0.2) is 0 Å². The maximum absolute atomic E-state index is 12.4. The van der Waals surface area contributed by atoms with E-state index in [1.165, 1.54) is 6.42 Å². The Morgan fingerprint density at radius 3 is 2.81 bits per heavy atom. The van der Waals surface area contributed by atoms with Crippen molar-refractivity contribution in [2.75, 3.05) is 26.2 Å². The van der Waals surface area contributed by atoms with Crippen molar-refractivity contribution in [3.8, 4) is 0 Å². The number of amides is 1. The van der Waals surface area contributed by atoms with Crippen molar-refractivity contribution < 1.29 is 4.79 Å². The summed E-state index contributed by atoms with van der Waals surface area (Å²) in [4.78, 5) is 29.1. The number of hydrogen-bond acceptors (Lipinski definition) is 4. The van der Waals surface area contributed by atoms with E-state index in [4.69, 9.17) is 0 Å². The van der Waals surface area contributed by atoms with Gasteiger partial charge in [0.2, 0.25) is 5.91 Å². The third-order valence-electron chi connectivity index (χ3n) is 6.24. The van der Waals surface area contributed by atoms with E-state index in [2.05, 4.69) is 10.00 Å². The number of likely N-dealkylation sites (tertiary alicyclic amines) is 2. The standard InChI is InChI=1S/C20H30N4O2/c25-19-9-2-1-3-10-23(19)13-12-22-11-5-7-17(22)15-24-20(26)14-16-6-4-8-18(16)21-24/h14,17H,1-13,15H2. The lowest BCUT2D eigenvalue weighted by molar-refractivity contribution is -0.130. The molecular weight excluding hydrogens is 328 g/mol. The molecule has 2 saturated heterocycles. The number of nitrogens with zero attached hydrogens (tertiary/aromatic N) is 4. The lowest BCUT2D eigenvalue weighted by Gasteiger charge is -2.28. The predicted molar refractivity (Wildman–Crippen MR) is 100 cm³/mol. The lowest BCUT2D eigenvalue weighted by atomic mass is 10.2. The van der Waals surface area contributed by atoms with Crippen LogP contribution in [0.1, 0.15) is 56.2 Å². The molecule has 1 amide bonds. The van der Waals surface area contributed by atoms with Crippen LogP contribution >= 0.6 is 0 Å². The largest absolute Gasteiger partial charge is 0.341 e. The normalized spacial score (nSPS) is 24.1. The fourth-order valence-corrected chi connectivity index (χ4v) is 4.69. The van der Waals surface area contributed by atoms with Gasteiger partial charge in [-0.25, -0.2) is 4.68 Å². The third kappa shape index (κ3) is 3.85. The lowest BCUT2D eigenvalue weighted by Crippen LogP contribution is -2.42. The maximum Gasteiger partial charge on any atom is 0.267 e. The van der Waals surface area contributed by atoms with E-state index in [0.29, 0.717) is 24.9 Å². The zero-order valence-electron chi connectivity index (χ0n) is 15.7. The SMILES string of the molecule is O=C1CCCCCN1CCN1CCCC1Cn1nc2c(cc1=O)CCC2. The van der Waals surface area contributed by atoms with Crippen molar-refractivity contribution >= 4 is 5.91 Å². The van der Waals surface area contributed by atoms with Crippen LogP contribution in [0.15, 0.2) is 10.9 Å². The van der Waals surface area contributed by atoms with E-state index < -0.39 is 0 Å². The van der Waals surface area contributed by atoms with E-state index in [1.54, 1.807) is 10.7 Å². The molecule has 0 spiro atoms. The fraction of sp³-hybridized carbons (Fsp3) is 0.750. The summed E-state index contributed by atoms with van der Waals surface area (Å²) in [6, 6.07) is 2.16. The van der Waals surface area contributed by atoms with Crippen LogP contribution in [-0.2, 0) is 24.2 Å². The second-order valence-electron chi connectivity index (χ2n) is 8.01. The molecule has 1 unspecified atom stereocenters. The van der Waals surface area contributed by atoms with Gasteiger partial charge in [0.05, 0.1) is 12.2 Å². The minimum atomic E-state index is 0.0418. The Morgan fingerprint density at radius 2 is 1.88 bits per heavy atom. The minimum Gasteiger partial charge on any atom is -0.341 e. The van der Waals surface area contributed by atoms with Crippen LogP contribution in [0.2, 0.25) is 0 Å². The highest BCUT2D eigenvalue weighted by Gasteiger charge is 2.27. The van der Waals surface area contributed by atoms with Crippen LogP contribution < -0.4 is 5.56 Å². The molecule has 4 rings (SSSR count). The van der Waals surface area contributed by atoms with Gasteiger partial charge in [-0.3, -0.25) is 14.5 Å². The van der Waals surface area contributed by atoms with Crippen LogP contribution in [0.3, 0.4) is 0 Å². The summed E-state index contributed by atoms with van der Waals surface area (Å²) in [5.41, 5.74) is 2.30. The number of aromatic nitrogens is 2. The van der Waals surface area contributed by atoms with Crippen molar-refractivity contribution in [2.24, 2.45) is 0 Å². The summed E-state index contributed by atoms with van der Waals surface area (Å²) in [5.74, 6) is 0.315. The van der Waals surface area contributed by atoms with Crippen molar-refractivity contribution in [2.45, 2.75) is 70.4 Å². The van der Waals surface area contributed by atoms with Crippen molar-refractivity contribution in [3.05, 3.63) is 27.7 Å². The van der Waals surface area contributed by atoms with Gasteiger partial charge in [-0.2, -0.15) is 5.10 Å². The number of hydrogen-bond donors (Lipinski definition) is 0. The molecule has 2 aliphatic heterocycles. The molecule has 1 aliphatic carbocycles. The summed E-state index contributed by atoms with van der Waals surface area (Å²) < 4.78 is 1.68. The first kappa shape index (κ1) is 17.7. The van der Waals surface area contributed by atoms with Gasteiger partial charge in [0.1, 0.15) is 0 Å². The van der Waals surface area contributed by atoms with Crippen molar-refractivity contribution in [1.29, 1.82) is 0 Å². The molecule has 6 nitrogen and oxygen atoms in total. The smallest absolute Gasteiger partial charge is 0.267 e. The quantitative estimate of drug-likeness (QED) is 0.802. The summed E-state index contributed by atoms with van der Waals surface area (Å²) in [5, 5.41) is 4.64. The molecule has 142 valence electrons. The zero-order valence-corrected chi connectivity index (χ0v) is 15.7. The molecule has 0 radical (unpaired) electrons. The zero-order chi connectivity index (χ0) is 17.9. The van der Waals surface area contributed by atoms with Gasteiger partial charge in [-0.05, 0) is 57.1 Å². The first-order valence-electron chi connectivity index (χ1n) is 10.3. The molecule has 0 aromatic carbocycles. The molecule has 1 aromatic rings. The molecule has 0 N–H and O–H groups in total. The van der Waals surface area contributed by atoms with E-state index in [1.807, 2.05) is 4.90 Å². The average molecular weight is 358 g/mol. The summed E-state index contributed by atoms with van der Waals surface area (Å²) in [6.45, 7) is 4.38. The van der Waals surface area contributed by atoms with Crippen LogP contribution in [0.4, 0.5) is 0 Å². The highest BCUT2D eigenvalue weighted by molar-refractivity contribution is 5.76. The molecular formula is C20H30N4O2. The molecule has 26 heavy (non-hydrogen) atoms. The summed E-state index contributed by atoms with van der Waals surface area (Å²) in [6.07, 6.45) is 9.43. The number of carbonyl (C=O) groups excluding carboxylic acids is 1. The van der Waals surface area contributed by atoms with Gasteiger partial charge in [0.25, 0.3) is 5.56 Å². The molecule has 3 heterocycles. The number of aryl methyl sites for hydroxylation is 2. The van der Waals surface area contributed by atoms with Gasteiger partial charge >= 0.3 is 0 Å². The summed E-state index contributed by atoms with van der Waals surface area (Å²) in [7, 11) is 0. The third-order valence-corrected chi connectivity index (χ3v) is 6.24. The first-order valence-corrected chi connectivity index (χ1v) is 10.3. The Bertz CT molecular complexity index is 714. The van der Waals surface area contributed by atoms with Crippen LogP contribution in [0, 0.1) is 0 Å². The van der Waals surface area contributed by atoms with E-state index in [0.717, 1.165) is 82.4 Å². The Labute approximate surface area is 155 Å². The Balaban J connectivity index is 1.38. The highest BCUT2D eigenvalue weighted by atomic mass is 16.2. The van der Waals surface area contributed by atoms with Crippen LogP contribution in [0.25, 0.3) is 0 Å². The monoisotopic (exact) mass is 358 g/mol. The van der Waals surface area contributed by atoms with Crippen LogP contribution in [0.5, 0.6) is 0 Å². The molecule has 1 atom stereocenters. The second-order valence-corrected chi connectivity index (χ2v) is 8.01. The minimum absolute atomic E-state index is 0.0418. The number of rotatable bonds is 5. The summed E-state index contributed by atoms with van der Waals surface area (Å²) >= 11 is 0. The molecule has 0 saturated carbocycles. The molecule has 0 bridgehead atoms. The fourth-order valence-electron chi connectivity index (χ4n) is 4.69. The Kier molecular flexibility index (Phi) is 5.38. The van der Waals surface area contributed by atoms with Gasteiger partial charge in [0, 0.05) is 38.2 Å². The topological polar surface area (TPSA) is 58.4 Å². The van der Waals surface area contributed by atoms with Gasteiger partial charge in [-0.15, -0.1) is 0 Å². The van der Waals surface area contributed by atoms with E-state index >= 15 is 0 Å². The second kappa shape index (κ2) is 7.91. The molecule has 2 fully saturated rings. The van der Waals surface area contributed by atoms with Gasteiger partial charge < -0.3 is 4.90 Å². The molecule has 6 heteroatoms. The van der Waals surface area contributed by atoms with Crippen LogP contribution in [-0.4, -0.2) is 57.7 Å². The van der Waals surface area contributed by atoms with Crippen molar-refractivity contribution in [1.82, 2.24) is 19.6 Å². The average Bonchev–Trinajstić information content (AvgIpc) is 3.21. The maximum atomic E-state index is 12.4. The number of fused-ring (bicyclic) bond motifs is 1. The van der Waals surface area contributed by atoms with E-state index in [9.17, 15) is 9.59 Å². The predicted octanol–water partition coefficient (Wildman–Crippen LogP) is 1.60. The first-order chi connectivity index (χ1) is 12.7. The van der Waals surface area contributed by atoms with Crippen molar-refractivity contribution in [3.63, 3.8) is 0 Å².